The molecular weight excluding hydrogens is 334 g/mol. The number of imidazole rings is 1. The van der Waals surface area contributed by atoms with E-state index >= 15 is 0 Å². The van der Waals surface area contributed by atoms with Crippen molar-refractivity contribution < 1.29 is 4.79 Å². The van der Waals surface area contributed by atoms with Crippen LogP contribution < -0.4 is 0 Å². The summed E-state index contributed by atoms with van der Waals surface area (Å²) in [4.78, 5) is 19.1. The van der Waals surface area contributed by atoms with Crippen molar-refractivity contribution in [3.05, 3.63) is 42.7 Å². The molecule has 2 heterocycles. The minimum atomic E-state index is 0.189. The fourth-order valence-corrected chi connectivity index (χ4v) is 4.15. The Balaban J connectivity index is 1.69. The van der Waals surface area contributed by atoms with E-state index in [1.807, 2.05) is 17.0 Å². The molecule has 0 spiro atoms. The molecule has 1 fully saturated rings. The summed E-state index contributed by atoms with van der Waals surface area (Å²) in [5, 5.41) is 0. The summed E-state index contributed by atoms with van der Waals surface area (Å²) in [6, 6.07) is 8.36. The van der Waals surface area contributed by atoms with E-state index in [0.717, 1.165) is 24.4 Å². The molecule has 2 aromatic rings. The van der Waals surface area contributed by atoms with Gasteiger partial charge in [0.25, 0.3) is 0 Å². The number of nitrogens with zero attached hydrogens (tertiary/aromatic N) is 3. The minimum Gasteiger partial charge on any atom is -0.338 e. The van der Waals surface area contributed by atoms with Gasteiger partial charge in [0, 0.05) is 32.0 Å². The smallest absolute Gasteiger partial charge is 0.223 e. The summed E-state index contributed by atoms with van der Waals surface area (Å²) in [5.74, 6) is 1.49. The first kappa shape index (κ1) is 19.7. The van der Waals surface area contributed by atoms with Crippen LogP contribution in [0.2, 0.25) is 0 Å². The van der Waals surface area contributed by atoms with Gasteiger partial charge < -0.3 is 9.47 Å². The second-order valence-electron chi connectivity index (χ2n) is 7.72. The van der Waals surface area contributed by atoms with Crippen LogP contribution in [-0.2, 0) is 11.3 Å². The second-order valence-corrected chi connectivity index (χ2v) is 7.72. The molecule has 4 heteroatoms. The predicted octanol–water partition coefficient (Wildman–Crippen LogP) is 5.29. The van der Waals surface area contributed by atoms with Crippen LogP contribution in [0.3, 0.4) is 0 Å². The molecule has 1 amide bonds. The monoisotopic (exact) mass is 367 g/mol. The molecule has 0 N–H and O–H groups in total. The minimum absolute atomic E-state index is 0.189. The van der Waals surface area contributed by atoms with Crippen LogP contribution >= 0.6 is 0 Å². The molecule has 27 heavy (non-hydrogen) atoms. The van der Waals surface area contributed by atoms with Gasteiger partial charge in [-0.1, -0.05) is 63.7 Å². The van der Waals surface area contributed by atoms with E-state index in [2.05, 4.69) is 36.3 Å². The fourth-order valence-electron chi connectivity index (χ4n) is 4.15. The number of carbonyl (C=O) groups is 1. The molecule has 0 aliphatic carbocycles. The number of fused-ring (bicyclic) bond motifs is 1. The zero-order valence-electron chi connectivity index (χ0n) is 16.7. The number of aryl methyl sites for hydroxylation is 1. The van der Waals surface area contributed by atoms with E-state index in [1.165, 1.54) is 50.5 Å². The lowest BCUT2D eigenvalue weighted by Gasteiger charge is -2.15. The van der Waals surface area contributed by atoms with Gasteiger partial charge in [0.2, 0.25) is 5.91 Å². The van der Waals surface area contributed by atoms with Crippen LogP contribution in [0.5, 0.6) is 0 Å². The molecular formula is C23H33N3O. The van der Waals surface area contributed by atoms with Gasteiger partial charge in [-0.3, -0.25) is 4.79 Å². The lowest BCUT2D eigenvalue weighted by molar-refractivity contribution is -0.127. The van der Waals surface area contributed by atoms with Gasteiger partial charge in [-0.2, -0.15) is 0 Å². The highest BCUT2D eigenvalue weighted by Gasteiger charge is 2.33. The first-order valence-corrected chi connectivity index (χ1v) is 10.6. The Morgan fingerprint density at radius 1 is 1.15 bits per heavy atom. The third-order valence-corrected chi connectivity index (χ3v) is 5.60. The summed E-state index contributed by atoms with van der Waals surface area (Å²) in [7, 11) is 0. The molecule has 1 unspecified atom stereocenters. The maximum atomic E-state index is 12.3. The van der Waals surface area contributed by atoms with Gasteiger partial charge in [0.1, 0.15) is 5.82 Å². The van der Waals surface area contributed by atoms with Crippen LogP contribution in [-0.4, -0.2) is 33.4 Å². The topological polar surface area (TPSA) is 38.1 Å². The number of likely N-dealkylation sites (tertiary alicyclic amines) is 1. The maximum Gasteiger partial charge on any atom is 0.223 e. The largest absolute Gasteiger partial charge is 0.338 e. The number of benzene rings is 1. The number of aromatic nitrogens is 2. The van der Waals surface area contributed by atoms with Gasteiger partial charge in [-0.15, -0.1) is 6.58 Å². The predicted molar refractivity (Wildman–Crippen MR) is 112 cm³/mol. The van der Waals surface area contributed by atoms with Crippen LogP contribution in [0, 0.1) is 0 Å². The molecule has 1 saturated heterocycles. The van der Waals surface area contributed by atoms with Gasteiger partial charge >= 0.3 is 0 Å². The summed E-state index contributed by atoms with van der Waals surface area (Å²) >= 11 is 0. The van der Waals surface area contributed by atoms with Crippen LogP contribution in [0.25, 0.3) is 11.0 Å². The summed E-state index contributed by atoms with van der Waals surface area (Å²) in [6.45, 7) is 8.41. The van der Waals surface area contributed by atoms with Crippen molar-refractivity contribution >= 4 is 16.9 Å². The normalized spacial score (nSPS) is 17.1. The standard InChI is InChI=1S/C23H33N3O/c1-3-5-6-7-8-9-12-16-26-21-14-11-10-13-20(21)24-23(26)19-17-22(27)25(18-19)15-4-2/h4,10-11,13-14,19H,2-3,5-9,12,15-18H2,1H3. The van der Waals surface area contributed by atoms with Crippen molar-refractivity contribution in [2.24, 2.45) is 0 Å². The summed E-state index contributed by atoms with van der Waals surface area (Å²) in [5.41, 5.74) is 2.25. The Morgan fingerprint density at radius 3 is 2.67 bits per heavy atom. The fraction of sp³-hybridized carbons (Fsp3) is 0.565. The third kappa shape index (κ3) is 4.79. The Morgan fingerprint density at radius 2 is 1.89 bits per heavy atom. The molecule has 1 atom stereocenters. The average molecular weight is 368 g/mol. The van der Waals surface area contributed by atoms with Crippen LogP contribution in [0.15, 0.2) is 36.9 Å². The van der Waals surface area contributed by atoms with Crippen molar-refractivity contribution in [3.8, 4) is 0 Å². The molecule has 1 aromatic heterocycles. The number of para-hydroxylation sites is 2. The van der Waals surface area contributed by atoms with Gasteiger partial charge in [0.05, 0.1) is 11.0 Å². The molecule has 1 aliphatic rings. The highest BCUT2D eigenvalue weighted by Crippen LogP contribution is 2.30. The quantitative estimate of drug-likeness (QED) is 0.400. The van der Waals surface area contributed by atoms with Crippen molar-refractivity contribution in [2.45, 2.75) is 70.8 Å². The highest BCUT2D eigenvalue weighted by molar-refractivity contribution is 5.81. The lowest BCUT2D eigenvalue weighted by atomic mass is 10.1. The molecule has 3 rings (SSSR count). The summed E-state index contributed by atoms with van der Waals surface area (Å²) in [6.07, 6.45) is 11.5. The Kier molecular flexibility index (Phi) is 7.08. The first-order valence-electron chi connectivity index (χ1n) is 10.6. The molecule has 1 aromatic carbocycles. The van der Waals surface area contributed by atoms with E-state index in [1.54, 1.807) is 0 Å². The number of carbonyl (C=O) groups excluding carboxylic acids is 1. The highest BCUT2D eigenvalue weighted by atomic mass is 16.2. The maximum absolute atomic E-state index is 12.3. The molecule has 1 aliphatic heterocycles. The molecule has 0 radical (unpaired) electrons. The Hall–Kier alpha value is -2.10. The van der Waals surface area contributed by atoms with Crippen molar-refractivity contribution in [3.63, 3.8) is 0 Å². The third-order valence-electron chi connectivity index (χ3n) is 5.60. The van der Waals surface area contributed by atoms with Gasteiger partial charge in [0.15, 0.2) is 0 Å². The number of hydrogen-bond donors (Lipinski definition) is 0. The van der Waals surface area contributed by atoms with Crippen molar-refractivity contribution in [1.29, 1.82) is 0 Å². The van der Waals surface area contributed by atoms with E-state index < -0.39 is 0 Å². The average Bonchev–Trinajstić information content (AvgIpc) is 3.22. The molecule has 146 valence electrons. The van der Waals surface area contributed by atoms with Crippen LogP contribution in [0.1, 0.15) is 70.0 Å². The zero-order valence-corrected chi connectivity index (χ0v) is 16.7. The lowest BCUT2D eigenvalue weighted by Crippen LogP contribution is -2.25. The number of hydrogen-bond acceptors (Lipinski definition) is 2. The van der Waals surface area contributed by atoms with E-state index in [0.29, 0.717) is 13.0 Å². The number of rotatable bonds is 11. The van der Waals surface area contributed by atoms with Crippen LogP contribution in [0.4, 0.5) is 0 Å². The van der Waals surface area contributed by atoms with Crippen molar-refractivity contribution in [1.82, 2.24) is 14.5 Å². The van der Waals surface area contributed by atoms with E-state index in [9.17, 15) is 4.79 Å². The zero-order chi connectivity index (χ0) is 19.1. The molecule has 4 nitrogen and oxygen atoms in total. The van der Waals surface area contributed by atoms with Gasteiger partial charge in [-0.25, -0.2) is 4.98 Å². The summed E-state index contributed by atoms with van der Waals surface area (Å²) < 4.78 is 2.37. The Labute approximate surface area is 163 Å². The van der Waals surface area contributed by atoms with Crippen molar-refractivity contribution in [2.75, 3.05) is 13.1 Å². The van der Waals surface area contributed by atoms with E-state index in [4.69, 9.17) is 4.98 Å². The number of amides is 1. The van der Waals surface area contributed by atoms with Gasteiger partial charge in [-0.05, 0) is 18.6 Å². The number of unbranched alkanes of at least 4 members (excludes halogenated alkanes) is 6. The Bertz CT molecular complexity index is 764. The second kappa shape index (κ2) is 9.72. The first-order chi connectivity index (χ1) is 13.2. The molecule has 0 bridgehead atoms. The molecule has 0 saturated carbocycles. The van der Waals surface area contributed by atoms with E-state index in [-0.39, 0.29) is 11.8 Å². The SMILES string of the molecule is C=CCN1CC(c2nc3ccccc3n2CCCCCCCCC)CC1=O.